The smallest absolute Gasteiger partial charge is 0.260 e. The Morgan fingerprint density at radius 1 is 1.28 bits per heavy atom. The van der Waals surface area contributed by atoms with Crippen LogP contribution in [0.4, 0.5) is 0 Å². The maximum absolute atomic E-state index is 12.4. The Bertz CT molecular complexity index is 608. The molecule has 1 spiro atoms. The molecule has 0 saturated carbocycles. The highest BCUT2D eigenvalue weighted by atomic mass is 16.5. The molecule has 0 aromatic heterocycles. The van der Waals surface area contributed by atoms with Gasteiger partial charge in [-0.1, -0.05) is 6.07 Å². The van der Waals surface area contributed by atoms with Crippen LogP contribution in [-0.4, -0.2) is 60.5 Å². The molecular weight excluding hydrogens is 322 g/mol. The van der Waals surface area contributed by atoms with Gasteiger partial charge in [0.15, 0.2) is 6.61 Å². The molecule has 0 radical (unpaired) electrons. The van der Waals surface area contributed by atoms with Gasteiger partial charge in [-0.15, -0.1) is 0 Å². The minimum absolute atomic E-state index is 0.0126. The highest BCUT2D eigenvalue weighted by Gasteiger charge is 2.44. The number of ether oxygens (including phenoxy) is 3. The van der Waals surface area contributed by atoms with Crippen molar-refractivity contribution < 1.29 is 24.1 Å². The molecule has 0 aliphatic carbocycles. The summed E-state index contributed by atoms with van der Waals surface area (Å²) >= 11 is 0. The van der Waals surface area contributed by atoms with Gasteiger partial charge in [-0.25, -0.2) is 0 Å². The van der Waals surface area contributed by atoms with Crippen LogP contribution in [0.3, 0.4) is 0 Å². The lowest BCUT2D eigenvalue weighted by Crippen LogP contribution is -2.54. The van der Waals surface area contributed by atoms with Crippen LogP contribution in [0.15, 0.2) is 24.3 Å². The number of amides is 1. The van der Waals surface area contributed by atoms with Gasteiger partial charge in [-0.05, 0) is 38.3 Å². The van der Waals surface area contributed by atoms with Gasteiger partial charge in [0, 0.05) is 25.6 Å². The van der Waals surface area contributed by atoms with Crippen molar-refractivity contribution in [1.82, 2.24) is 4.90 Å². The van der Waals surface area contributed by atoms with Gasteiger partial charge >= 0.3 is 0 Å². The number of carbonyl (C=O) groups is 1. The molecule has 1 unspecified atom stereocenters. The fourth-order valence-electron chi connectivity index (χ4n) is 3.73. The molecule has 0 bridgehead atoms. The number of benzene rings is 1. The number of methoxy groups -OCH3 is 1. The van der Waals surface area contributed by atoms with Gasteiger partial charge in [-0.2, -0.15) is 0 Å². The molecule has 2 saturated heterocycles. The quantitative estimate of drug-likeness (QED) is 0.900. The molecule has 6 nitrogen and oxygen atoms in total. The average molecular weight is 349 g/mol. The van der Waals surface area contributed by atoms with Crippen LogP contribution in [-0.2, 0) is 9.53 Å². The molecule has 2 heterocycles. The SMILES string of the molecule is COc1cccc(OCC(=O)N2CCC3(CC2)CC(C)(O)CCO3)c1. The number of nitrogens with zero attached hydrogens (tertiary/aromatic N) is 1. The standard InChI is InChI=1S/C19H27NO5/c1-18(22)8-11-25-19(14-18)6-9-20(10-7-19)17(21)13-24-16-5-3-4-15(12-16)23-2/h3-5,12,22H,6-11,13-14H2,1-2H3. The van der Waals surface area contributed by atoms with E-state index in [4.69, 9.17) is 14.2 Å². The summed E-state index contributed by atoms with van der Waals surface area (Å²) in [6.45, 7) is 3.74. The first kappa shape index (κ1) is 18.0. The molecule has 2 aliphatic heterocycles. The summed E-state index contributed by atoms with van der Waals surface area (Å²) in [5, 5.41) is 10.3. The Morgan fingerprint density at radius 3 is 2.68 bits per heavy atom. The van der Waals surface area contributed by atoms with Crippen molar-refractivity contribution in [2.24, 2.45) is 0 Å². The van der Waals surface area contributed by atoms with Crippen LogP contribution < -0.4 is 9.47 Å². The maximum atomic E-state index is 12.4. The summed E-state index contributed by atoms with van der Waals surface area (Å²) in [7, 11) is 1.60. The van der Waals surface area contributed by atoms with E-state index >= 15 is 0 Å². The minimum atomic E-state index is -0.667. The van der Waals surface area contributed by atoms with Gasteiger partial charge in [-0.3, -0.25) is 4.79 Å². The second kappa shape index (κ2) is 7.22. The highest BCUT2D eigenvalue weighted by Crippen LogP contribution is 2.39. The first-order chi connectivity index (χ1) is 11.9. The van der Waals surface area contributed by atoms with Crippen molar-refractivity contribution in [2.75, 3.05) is 33.4 Å². The zero-order valence-electron chi connectivity index (χ0n) is 15.0. The first-order valence-corrected chi connectivity index (χ1v) is 8.82. The third-order valence-corrected chi connectivity index (χ3v) is 5.18. The molecule has 1 aromatic rings. The van der Waals surface area contributed by atoms with Crippen molar-refractivity contribution >= 4 is 5.91 Å². The number of rotatable bonds is 4. The van der Waals surface area contributed by atoms with E-state index in [0.29, 0.717) is 44.0 Å². The van der Waals surface area contributed by atoms with E-state index in [1.165, 1.54) is 0 Å². The molecule has 1 N–H and O–H groups in total. The van der Waals surface area contributed by atoms with Crippen LogP contribution in [0.25, 0.3) is 0 Å². The van der Waals surface area contributed by atoms with Gasteiger partial charge in [0.05, 0.1) is 24.9 Å². The summed E-state index contributed by atoms with van der Waals surface area (Å²) in [6, 6.07) is 7.23. The molecule has 1 aromatic carbocycles. The lowest BCUT2D eigenvalue weighted by molar-refractivity contribution is -0.175. The Morgan fingerprint density at radius 2 is 2.00 bits per heavy atom. The Labute approximate surface area is 148 Å². The van der Waals surface area contributed by atoms with Crippen molar-refractivity contribution in [3.05, 3.63) is 24.3 Å². The molecule has 25 heavy (non-hydrogen) atoms. The topological polar surface area (TPSA) is 68.2 Å². The molecule has 6 heteroatoms. The third-order valence-electron chi connectivity index (χ3n) is 5.18. The predicted octanol–water partition coefficient (Wildman–Crippen LogP) is 2.00. The lowest BCUT2D eigenvalue weighted by atomic mass is 9.78. The lowest BCUT2D eigenvalue weighted by Gasteiger charge is -2.48. The fraction of sp³-hybridized carbons (Fsp3) is 0.632. The summed E-state index contributed by atoms with van der Waals surface area (Å²) in [6.07, 6.45) is 2.83. The number of aliphatic hydroxyl groups is 1. The average Bonchev–Trinajstić information content (AvgIpc) is 2.59. The molecule has 2 aliphatic rings. The van der Waals surface area contributed by atoms with E-state index in [1.807, 2.05) is 24.0 Å². The van der Waals surface area contributed by atoms with Crippen LogP contribution in [0.1, 0.15) is 32.6 Å². The van der Waals surface area contributed by atoms with E-state index < -0.39 is 5.60 Å². The summed E-state index contributed by atoms with van der Waals surface area (Å²) in [5.74, 6) is 1.29. The summed E-state index contributed by atoms with van der Waals surface area (Å²) in [4.78, 5) is 14.2. The largest absolute Gasteiger partial charge is 0.497 e. The number of piperidine rings is 1. The predicted molar refractivity (Wildman–Crippen MR) is 92.8 cm³/mol. The monoisotopic (exact) mass is 349 g/mol. The second-order valence-corrected chi connectivity index (χ2v) is 7.30. The van der Waals surface area contributed by atoms with E-state index in [0.717, 1.165) is 12.8 Å². The van der Waals surface area contributed by atoms with Crippen molar-refractivity contribution in [1.29, 1.82) is 0 Å². The van der Waals surface area contributed by atoms with Crippen molar-refractivity contribution in [3.63, 3.8) is 0 Å². The van der Waals surface area contributed by atoms with Gasteiger partial charge in [0.1, 0.15) is 11.5 Å². The van der Waals surface area contributed by atoms with Crippen molar-refractivity contribution in [2.45, 2.75) is 43.8 Å². The normalized spacial score (nSPS) is 25.6. The van der Waals surface area contributed by atoms with E-state index in [-0.39, 0.29) is 18.1 Å². The number of hydrogen-bond acceptors (Lipinski definition) is 5. The number of hydrogen-bond donors (Lipinski definition) is 1. The van der Waals surface area contributed by atoms with Gasteiger partial charge in [0.2, 0.25) is 0 Å². The first-order valence-electron chi connectivity index (χ1n) is 8.82. The molecule has 1 amide bonds. The van der Waals surface area contributed by atoms with E-state index in [1.54, 1.807) is 19.2 Å². The number of likely N-dealkylation sites (tertiary alicyclic amines) is 1. The summed E-state index contributed by atoms with van der Waals surface area (Å²) in [5.41, 5.74) is -0.952. The van der Waals surface area contributed by atoms with Gasteiger partial charge in [0.25, 0.3) is 5.91 Å². The molecule has 1 atom stereocenters. The Hall–Kier alpha value is -1.79. The zero-order chi connectivity index (χ0) is 17.9. The Balaban J connectivity index is 1.50. The van der Waals surface area contributed by atoms with Crippen LogP contribution in [0, 0.1) is 0 Å². The third kappa shape index (κ3) is 4.44. The van der Waals surface area contributed by atoms with E-state index in [9.17, 15) is 9.90 Å². The molecule has 2 fully saturated rings. The van der Waals surface area contributed by atoms with E-state index in [2.05, 4.69) is 0 Å². The maximum Gasteiger partial charge on any atom is 0.260 e. The van der Waals surface area contributed by atoms with Crippen LogP contribution in [0.5, 0.6) is 11.5 Å². The summed E-state index contributed by atoms with van der Waals surface area (Å²) < 4.78 is 16.7. The van der Waals surface area contributed by atoms with Crippen LogP contribution in [0.2, 0.25) is 0 Å². The Kier molecular flexibility index (Phi) is 5.20. The van der Waals surface area contributed by atoms with Crippen molar-refractivity contribution in [3.8, 4) is 11.5 Å². The van der Waals surface area contributed by atoms with Gasteiger partial charge < -0.3 is 24.2 Å². The molecule has 138 valence electrons. The number of carbonyl (C=O) groups excluding carboxylic acids is 1. The minimum Gasteiger partial charge on any atom is -0.497 e. The molecular formula is C19H27NO5. The molecule has 3 rings (SSSR count). The van der Waals surface area contributed by atoms with Crippen LogP contribution >= 0.6 is 0 Å². The second-order valence-electron chi connectivity index (χ2n) is 7.30. The zero-order valence-corrected chi connectivity index (χ0v) is 15.0. The highest BCUT2D eigenvalue weighted by molar-refractivity contribution is 5.77. The fourth-order valence-corrected chi connectivity index (χ4v) is 3.73.